The van der Waals surface area contributed by atoms with Crippen molar-refractivity contribution in [2.75, 3.05) is 10.6 Å². The monoisotopic (exact) mass is 506 g/mol. The number of nitrogens with zero attached hydrogens (tertiary/aromatic N) is 3. The Kier molecular flexibility index (Phi) is 5.48. The number of nitrogens with one attached hydrogen (secondary N) is 3. The topological polar surface area (TPSA) is 114 Å². The van der Waals surface area contributed by atoms with Gasteiger partial charge in [-0.25, -0.2) is 9.78 Å². The predicted molar refractivity (Wildman–Crippen MR) is 146 cm³/mol. The van der Waals surface area contributed by atoms with Gasteiger partial charge in [-0.15, -0.1) is 0 Å². The fourth-order valence-corrected chi connectivity index (χ4v) is 4.57. The standard InChI is InChI=1S/C29H26N6O3/c1-29(2,3)35-15-24(26(34-35)18-9-12-25-23(13-18)31-16-38-25)33-28(37)32-19-10-7-17(8-11-19)20-5-4-6-21-22(20)14-30-27(21)36/h4-13,15-16H,14H2,1-3H3,(H,30,36)(H2,32,33,37). The molecule has 0 unspecified atom stereocenters. The molecule has 0 bridgehead atoms. The fourth-order valence-electron chi connectivity index (χ4n) is 4.57. The summed E-state index contributed by atoms with van der Waals surface area (Å²) in [5.74, 6) is -0.0492. The largest absolute Gasteiger partial charge is 0.443 e. The zero-order chi connectivity index (χ0) is 26.4. The van der Waals surface area contributed by atoms with Crippen molar-refractivity contribution in [1.82, 2.24) is 20.1 Å². The van der Waals surface area contributed by atoms with Gasteiger partial charge in [0.2, 0.25) is 0 Å². The molecule has 0 fully saturated rings. The van der Waals surface area contributed by atoms with Crippen molar-refractivity contribution in [2.24, 2.45) is 0 Å². The summed E-state index contributed by atoms with van der Waals surface area (Å²) in [7, 11) is 0. The minimum atomic E-state index is -0.384. The average Bonchev–Trinajstić information content (AvgIpc) is 3.62. The first-order valence-electron chi connectivity index (χ1n) is 12.3. The number of hydrogen-bond acceptors (Lipinski definition) is 5. The van der Waals surface area contributed by atoms with Crippen molar-refractivity contribution in [2.45, 2.75) is 32.9 Å². The van der Waals surface area contributed by atoms with E-state index in [9.17, 15) is 9.59 Å². The molecule has 9 nitrogen and oxygen atoms in total. The minimum Gasteiger partial charge on any atom is -0.443 e. The molecule has 0 atom stereocenters. The van der Waals surface area contributed by atoms with Crippen LogP contribution in [0.3, 0.4) is 0 Å². The Morgan fingerprint density at radius 3 is 2.55 bits per heavy atom. The quantitative estimate of drug-likeness (QED) is 0.277. The predicted octanol–water partition coefficient (Wildman–Crippen LogP) is 6.00. The first kappa shape index (κ1) is 23.5. The summed E-state index contributed by atoms with van der Waals surface area (Å²) in [6.07, 6.45) is 3.23. The molecule has 6 rings (SSSR count). The maximum absolute atomic E-state index is 13.0. The van der Waals surface area contributed by atoms with Gasteiger partial charge in [0.15, 0.2) is 12.0 Å². The lowest BCUT2D eigenvalue weighted by molar-refractivity contribution is 0.0965. The van der Waals surface area contributed by atoms with E-state index in [-0.39, 0.29) is 17.5 Å². The Morgan fingerprint density at radius 2 is 1.76 bits per heavy atom. The number of hydrogen-bond donors (Lipinski definition) is 3. The van der Waals surface area contributed by atoms with Crippen LogP contribution in [0.25, 0.3) is 33.5 Å². The molecule has 1 aliphatic heterocycles. The average molecular weight is 507 g/mol. The molecule has 0 spiro atoms. The molecule has 3 N–H and O–H groups in total. The van der Waals surface area contributed by atoms with E-state index in [1.54, 1.807) is 0 Å². The van der Waals surface area contributed by atoms with E-state index in [1.165, 1.54) is 6.39 Å². The van der Waals surface area contributed by atoms with Gasteiger partial charge in [0.1, 0.15) is 11.2 Å². The van der Waals surface area contributed by atoms with E-state index in [2.05, 4.69) is 20.9 Å². The van der Waals surface area contributed by atoms with Crippen LogP contribution >= 0.6 is 0 Å². The molecule has 9 heteroatoms. The molecule has 38 heavy (non-hydrogen) atoms. The summed E-state index contributed by atoms with van der Waals surface area (Å²) in [4.78, 5) is 29.3. The lowest BCUT2D eigenvalue weighted by Crippen LogP contribution is -2.22. The molecule has 5 aromatic rings. The highest BCUT2D eigenvalue weighted by Crippen LogP contribution is 2.32. The molecule has 190 valence electrons. The number of urea groups is 1. The van der Waals surface area contributed by atoms with Gasteiger partial charge in [-0.3, -0.25) is 9.48 Å². The lowest BCUT2D eigenvalue weighted by Gasteiger charge is -2.18. The number of benzene rings is 3. The third kappa shape index (κ3) is 4.28. The summed E-state index contributed by atoms with van der Waals surface area (Å²) in [6, 6.07) is 18.5. The molecule has 0 saturated heterocycles. The first-order chi connectivity index (χ1) is 18.3. The Morgan fingerprint density at radius 1 is 1.00 bits per heavy atom. The van der Waals surface area contributed by atoms with Crippen molar-refractivity contribution in [3.05, 3.63) is 84.4 Å². The van der Waals surface area contributed by atoms with Crippen LogP contribution in [0.4, 0.5) is 16.2 Å². The third-order valence-corrected chi connectivity index (χ3v) is 6.55. The second-order valence-corrected chi connectivity index (χ2v) is 10.2. The summed E-state index contributed by atoms with van der Waals surface area (Å²) in [6.45, 7) is 6.65. The van der Waals surface area contributed by atoms with Gasteiger partial charge in [0.05, 0.1) is 11.2 Å². The minimum absolute atomic E-state index is 0.0492. The van der Waals surface area contributed by atoms with Gasteiger partial charge in [0, 0.05) is 29.6 Å². The highest BCUT2D eigenvalue weighted by Gasteiger charge is 2.23. The molecular weight excluding hydrogens is 480 g/mol. The highest BCUT2D eigenvalue weighted by molar-refractivity contribution is 6.03. The van der Waals surface area contributed by atoms with Crippen LogP contribution in [0.1, 0.15) is 36.7 Å². The summed E-state index contributed by atoms with van der Waals surface area (Å²) in [5, 5.41) is 13.5. The summed E-state index contributed by atoms with van der Waals surface area (Å²) < 4.78 is 7.19. The number of rotatable bonds is 4. The molecule has 1 aliphatic rings. The van der Waals surface area contributed by atoms with Crippen molar-refractivity contribution < 1.29 is 14.0 Å². The van der Waals surface area contributed by atoms with Gasteiger partial charge >= 0.3 is 6.03 Å². The SMILES string of the molecule is CC(C)(C)n1cc(NC(=O)Nc2ccc(-c3cccc4c3CNC4=O)cc2)c(-c2ccc3ocnc3c2)n1. The van der Waals surface area contributed by atoms with Crippen LogP contribution in [-0.2, 0) is 12.1 Å². The van der Waals surface area contributed by atoms with E-state index in [4.69, 9.17) is 9.52 Å². The molecular formula is C29H26N6O3. The van der Waals surface area contributed by atoms with E-state index < -0.39 is 0 Å². The van der Waals surface area contributed by atoms with Crippen molar-refractivity contribution in [3.63, 3.8) is 0 Å². The van der Waals surface area contributed by atoms with E-state index >= 15 is 0 Å². The van der Waals surface area contributed by atoms with Crippen molar-refractivity contribution >= 4 is 34.4 Å². The van der Waals surface area contributed by atoms with Crippen molar-refractivity contribution in [1.29, 1.82) is 0 Å². The Hall–Kier alpha value is -4.92. The van der Waals surface area contributed by atoms with Crippen LogP contribution in [0.5, 0.6) is 0 Å². The van der Waals surface area contributed by atoms with Gasteiger partial charge in [0.25, 0.3) is 5.91 Å². The lowest BCUT2D eigenvalue weighted by atomic mass is 9.97. The molecule has 3 aromatic carbocycles. The number of carbonyl (C=O) groups is 2. The summed E-state index contributed by atoms with van der Waals surface area (Å²) >= 11 is 0. The maximum atomic E-state index is 13.0. The number of fused-ring (bicyclic) bond motifs is 2. The smallest absolute Gasteiger partial charge is 0.323 e. The number of aromatic nitrogens is 3. The third-order valence-electron chi connectivity index (χ3n) is 6.55. The zero-order valence-corrected chi connectivity index (χ0v) is 21.2. The molecule has 0 saturated carbocycles. The Bertz CT molecular complexity index is 1690. The highest BCUT2D eigenvalue weighted by atomic mass is 16.3. The normalized spacial score (nSPS) is 12.9. The second kappa shape index (κ2) is 8.88. The van der Waals surface area contributed by atoms with E-state index in [1.807, 2.05) is 92.3 Å². The van der Waals surface area contributed by atoms with Gasteiger partial charge in [-0.1, -0.05) is 24.3 Å². The number of oxazole rings is 1. The number of carbonyl (C=O) groups excluding carboxylic acids is 2. The molecule has 0 aliphatic carbocycles. The van der Waals surface area contributed by atoms with Gasteiger partial charge < -0.3 is 20.4 Å². The van der Waals surface area contributed by atoms with Crippen LogP contribution in [-0.4, -0.2) is 26.7 Å². The van der Waals surface area contributed by atoms with Crippen LogP contribution in [0.2, 0.25) is 0 Å². The molecule has 2 aromatic heterocycles. The van der Waals surface area contributed by atoms with E-state index in [0.29, 0.717) is 40.3 Å². The number of anilines is 2. The van der Waals surface area contributed by atoms with Crippen molar-refractivity contribution in [3.8, 4) is 22.4 Å². The molecule has 0 radical (unpaired) electrons. The van der Waals surface area contributed by atoms with Gasteiger partial charge in [-0.05, 0) is 73.9 Å². The van der Waals surface area contributed by atoms with Crippen LogP contribution in [0.15, 0.2) is 77.7 Å². The van der Waals surface area contributed by atoms with Gasteiger partial charge in [-0.2, -0.15) is 5.10 Å². The first-order valence-corrected chi connectivity index (χ1v) is 12.3. The molecule has 3 heterocycles. The second-order valence-electron chi connectivity index (χ2n) is 10.2. The van der Waals surface area contributed by atoms with Crippen LogP contribution < -0.4 is 16.0 Å². The molecule has 3 amide bonds. The fraction of sp³-hybridized carbons (Fsp3) is 0.172. The Labute approximate surface area is 218 Å². The Balaban J connectivity index is 1.23. The van der Waals surface area contributed by atoms with Crippen LogP contribution in [0, 0.1) is 0 Å². The zero-order valence-electron chi connectivity index (χ0n) is 21.2. The number of amides is 3. The van der Waals surface area contributed by atoms with E-state index in [0.717, 1.165) is 22.3 Å². The summed E-state index contributed by atoms with van der Waals surface area (Å²) in [5.41, 5.74) is 7.46. The maximum Gasteiger partial charge on any atom is 0.323 e.